The quantitative estimate of drug-likeness (QED) is 0.350. The summed E-state index contributed by atoms with van der Waals surface area (Å²) in [7, 11) is 0. The smallest absolute Gasteiger partial charge is 0.228 e. The summed E-state index contributed by atoms with van der Waals surface area (Å²) >= 11 is 0. The van der Waals surface area contributed by atoms with Crippen LogP contribution in [-0.2, 0) is 4.74 Å². The third-order valence-corrected chi connectivity index (χ3v) is 5.15. The van der Waals surface area contributed by atoms with Crippen LogP contribution in [0.3, 0.4) is 0 Å². The Morgan fingerprint density at radius 3 is 2.60 bits per heavy atom. The molecule has 0 saturated carbocycles. The van der Waals surface area contributed by atoms with Crippen molar-refractivity contribution >= 4 is 28.9 Å². The Morgan fingerprint density at radius 2 is 1.93 bits per heavy atom. The first-order chi connectivity index (χ1) is 14.6. The van der Waals surface area contributed by atoms with Crippen molar-refractivity contribution in [3.63, 3.8) is 0 Å². The van der Waals surface area contributed by atoms with Gasteiger partial charge in [0.15, 0.2) is 5.82 Å². The van der Waals surface area contributed by atoms with Gasteiger partial charge in [0.05, 0.1) is 12.3 Å². The predicted octanol–water partition coefficient (Wildman–Crippen LogP) is 3.37. The highest BCUT2D eigenvalue weighted by Crippen LogP contribution is 2.30. The zero-order valence-corrected chi connectivity index (χ0v) is 17.9. The molecule has 2 aromatic rings. The number of hydrogen-bond donors (Lipinski definition) is 4. The van der Waals surface area contributed by atoms with Crippen molar-refractivity contribution in [1.29, 1.82) is 5.41 Å². The summed E-state index contributed by atoms with van der Waals surface area (Å²) in [6.45, 7) is 7.45. The Hall–Kier alpha value is -2.71. The van der Waals surface area contributed by atoms with Crippen LogP contribution in [0.5, 0.6) is 0 Å². The molecule has 1 aliphatic rings. The first kappa shape index (κ1) is 22.0. The van der Waals surface area contributed by atoms with Crippen molar-refractivity contribution in [2.75, 3.05) is 48.4 Å². The van der Waals surface area contributed by atoms with E-state index in [1.807, 2.05) is 44.2 Å². The van der Waals surface area contributed by atoms with Crippen LogP contribution in [0.15, 0.2) is 30.3 Å². The van der Waals surface area contributed by atoms with Gasteiger partial charge in [0, 0.05) is 38.0 Å². The maximum Gasteiger partial charge on any atom is 0.228 e. The standard InChI is InChI=1S/C22H33N7O/c1-3-18(24)19-20(25-12-15-30-4-2)21(26-17-8-6-5-7-9-17)28-22(27-19)29-13-10-16(23)11-14-29/h5-9,16,24-25H,3-4,10-15,23H2,1-2H3,(H,26,27,28). The number of piperidine rings is 1. The maximum absolute atomic E-state index is 8.53. The Balaban J connectivity index is 1.98. The predicted molar refractivity (Wildman–Crippen MR) is 123 cm³/mol. The van der Waals surface area contributed by atoms with E-state index in [-0.39, 0.29) is 6.04 Å². The van der Waals surface area contributed by atoms with Gasteiger partial charge in [-0.25, -0.2) is 4.98 Å². The summed E-state index contributed by atoms with van der Waals surface area (Å²) in [5, 5.41) is 15.3. The lowest BCUT2D eigenvalue weighted by atomic mass is 10.1. The number of nitrogens with two attached hydrogens (primary N) is 1. The normalized spacial score (nSPS) is 14.6. The number of anilines is 4. The van der Waals surface area contributed by atoms with E-state index in [1.165, 1.54) is 0 Å². The van der Waals surface area contributed by atoms with Crippen molar-refractivity contribution in [3.8, 4) is 0 Å². The van der Waals surface area contributed by atoms with Gasteiger partial charge in [-0.15, -0.1) is 0 Å². The molecule has 8 nitrogen and oxygen atoms in total. The molecule has 2 heterocycles. The lowest BCUT2D eigenvalue weighted by Gasteiger charge is -2.31. The molecule has 1 aromatic heterocycles. The Labute approximate surface area is 178 Å². The van der Waals surface area contributed by atoms with Crippen LogP contribution in [-0.4, -0.2) is 54.6 Å². The van der Waals surface area contributed by atoms with E-state index in [1.54, 1.807) is 0 Å². The Kier molecular flexibility index (Phi) is 7.98. The highest BCUT2D eigenvalue weighted by molar-refractivity contribution is 6.03. The fourth-order valence-corrected chi connectivity index (χ4v) is 3.38. The first-order valence-electron chi connectivity index (χ1n) is 10.8. The number of ether oxygens (including phenoxy) is 1. The topological polar surface area (TPSA) is 112 Å². The van der Waals surface area contributed by atoms with Crippen molar-refractivity contribution < 1.29 is 4.74 Å². The molecule has 1 aromatic carbocycles. The molecule has 0 unspecified atom stereocenters. The molecular weight excluding hydrogens is 378 g/mol. The Bertz CT molecular complexity index is 820. The minimum absolute atomic E-state index is 0.232. The summed E-state index contributed by atoms with van der Waals surface area (Å²) in [6, 6.07) is 10.2. The highest BCUT2D eigenvalue weighted by atomic mass is 16.5. The second-order valence-corrected chi connectivity index (χ2v) is 7.37. The van der Waals surface area contributed by atoms with E-state index >= 15 is 0 Å². The molecule has 8 heteroatoms. The van der Waals surface area contributed by atoms with E-state index in [4.69, 9.17) is 25.8 Å². The largest absolute Gasteiger partial charge is 0.380 e. The molecule has 0 aliphatic carbocycles. The summed E-state index contributed by atoms with van der Waals surface area (Å²) < 4.78 is 5.47. The van der Waals surface area contributed by atoms with Gasteiger partial charge in [-0.2, -0.15) is 4.98 Å². The molecular formula is C22H33N7O. The molecule has 0 atom stereocenters. The first-order valence-corrected chi connectivity index (χ1v) is 10.8. The van der Waals surface area contributed by atoms with Gasteiger partial charge in [0.1, 0.15) is 11.4 Å². The van der Waals surface area contributed by atoms with Gasteiger partial charge in [0.25, 0.3) is 0 Å². The van der Waals surface area contributed by atoms with Crippen LogP contribution in [0, 0.1) is 5.41 Å². The number of para-hydroxylation sites is 1. The van der Waals surface area contributed by atoms with E-state index in [9.17, 15) is 0 Å². The molecule has 3 rings (SSSR count). The van der Waals surface area contributed by atoms with Gasteiger partial charge in [-0.1, -0.05) is 25.1 Å². The summed E-state index contributed by atoms with van der Waals surface area (Å²) in [4.78, 5) is 11.8. The number of benzene rings is 1. The SMILES string of the molecule is CCOCCNc1c(Nc2ccccc2)nc(N2CCC(N)CC2)nc1C(=N)CC. The van der Waals surface area contributed by atoms with Crippen LogP contribution >= 0.6 is 0 Å². The molecule has 0 spiro atoms. The van der Waals surface area contributed by atoms with Crippen LogP contribution in [0.25, 0.3) is 0 Å². The third kappa shape index (κ3) is 5.67. The molecule has 0 amide bonds. The second-order valence-electron chi connectivity index (χ2n) is 7.37. The minimum atomic E-state index is 0.232. The third-order valence-electron chi connectivity index (χ3n) is 5.15. The van der Waals surface area contributed by atoms with Crippen molar-refractivity contribution in [3.05, 3.63) is 36.0 Å². The lowest BCUT2D eigenvalue weighted by molar-refractivity contribution is 0.158. The van der Waals surface area contributed by atoms with Crippen molar-refractivity contribution in [2.24, 2.45) is 5.73 Å². The monoisotopic (exact) mass is 411 g/mol. The second kappa shape index (κ2) is 10.9. The fourth-order valence-electron chi connectivity index (χ4n) is 3.38. The van der Waals surface area contributed by atoms with Gasteiger partial charge in [-0.3, -0.25) is 0 Å². The minimum Gasteiger partial charge on any atom is -0.380 e. The van der Waals surface area contributed by atoms with Gasteiger partial charge < -0.3 is 31.4 Å². The van der Waals surface area contributed by atoms with Crippen LogP contribution in [0.2, 0.25) is 0 Å². The maximum atomic E-state index is 8.53. The molecule has 1 fully saturated rings. The van der Waals surface area contributed by atoms with E-state index in [0.29, 0.717) is 49.4 Å². The van der Waals surface area contributed by atoms with Crippen molar-refractivity contribution in [1.82, 2.24) is 9.97 Å². The molecule has 162 valence electrons. The van der Waals surface area contributed by atoms with E-state index < -0.39 is 0 Å². The van der Waals surface area contributed by atoms with E-state index in [0.717, 1.165) is 37.3 Å². The zero-order valence-electron chi connectivity index (χ0n) is 17.9. The number of aromatic nitrogens is 2. The number of hydrogen-bond acceptors (Lipinski definition) is 8. The zero-order chi connectivity index (χ0) is 21.3. The Morgan fingerprint density at radius 1 is 1.20 bits per heavy atom. The van der Waals surface area contributed by atoms with Crippen molar-refractivity contribution in [2.45, 2.75) is 39.2 Å². The summed E-state index contributed by atoms with van der Waals surface area (Å²) in [5.74, 6) is 1.31. The molecule has 0 radical (unpaired) electrons. The van der Waals surface area contributed by atoms with Gasteiger partial charge >= 0.3 is 0 Å². The average Bonchev–Trinajstić information content (AvgIpc) is 2.78. The molecule has 0 bridgehead atoms. The number of nitrogens with zero attached hydrogens (tertiary/aromatic N) is 3. The van der Waals surface area contributed by atoms with E-state index in [2.05, 4.69) is 15.5 Å². The summed E-state index contributed by atoms with van der Waals surface area (Å²) in [6.07, 6.45) is 2.42. The molecule has 5 N–H and O–H groups in total. The molecule has 1 saturated heterocycles. The molecule has 30 heavy (non-hydrogen) atoms. The van der Waals surface area contributed by atoms with Crippen LogP contribution in [0.1, 0.15) is 38.8 Å². The van der Waals surface area contributed by atoms with Gasteiger partial charge in [0.2, 0.25) is 5.95 Å². The van der Waals surface area contributed by atoms with Crippen LogP contribution < -0.4 is 21.3 Å². The highest BCUT2D eigenvalue weighted by Gasteiger charge is 2.23. The van der Waals surface area contributed by atoms with Crippen LogP contribution in [0.4, 0.5) is 23.1 Å². The average molecular weight is 412 g/mol. The summed E-state index contributed by atoms with van der Waals surface area (Å²) in [5.41, 5.74) is 8.85. The number of nitrogens with one attached hydrogen (secondary N) is 3. The fraction of sp³-hybridized carbons (Fsp3) is 0.500. The number of rotatable bonds is 10. The van der Waals surface area contributed by atoms with Gasteiger partial charge in [-0.05, 0) is 38.3 Å². The molecule has 1 aliphatic heterocycles. The lowest BCUT2D eigenvalue weighted by Crippen LogP contribution is -2.40.